The van der Waals surface area contributed by atoms with E-state index in [4.69, 9.17) is 17.2 Å². The molecule has 2 aromatic carbocycles. The molecule has 4 rings (SSSR count). The number of aromatic amines is 2. The van der Waals surface area contributed by atoms with Crippen LogP contribution in [-0.2, 0) is 46.4 Å². The van der Waals surface area contributed by atoms with E-state index >= 15 is 0 Å². The third-order valence-electron chi connectivity index (χ3n) is 10.3. The quantitative estimate of drug-likeness (QED) is 0.0400. The first-order valence-electron chi connectivity index (χ1n) is 20.4. The molecule has 0 saturated heterocycles. The van der Waals surface area contributed by atoms with Crippen LogP contribution in [0.4, 0.5) is 0 Å². The highest BCUT2D eigenvalue weighted by Gasteiger charge is 2.33. The number of carbonyl (C=O) groups is 7. The Hall–Kier alpha value is -5.92. The number of carbonyl (C=O) groups excluding carboxylic acids is 7. The predicted octanol–water partition coefficient (Wildman–Crippen LogP) is 0.0992. The molecule has 0 bridgehead atoms. The fourth-order valence-corrected chi connectivity index (χ4v) is 7.31. The summed E-state index contributed by atoms with van der Waals surface area (Å²) >= 11 is 1.48. The number of hydrogen-bond donors (Lipinski definition) is 11. The average molecular weight is 862 g/mol. The Labute approximate surface area is 358 Å². The van der Waals surface area contributed by atoms with Crippen LogP contribution < -0.4 is 49.1 Å². The molecule has 4 aromatic rings. The molecule has 330 valence electrons. The van der Waals surface area contributed by atoms with Crippen LogP contribution in [0.1, 0.15) is 57.1 Å². The number of aromatic nitrogens is 2. The standard InChI is InChI=1S/C42H59N11O7S/c1-4-29(50-38(56)24(2)48-40(58)33(16-18-61-3)49-36(54)21-44)39(57)52-35(20-26-23-47-31-14-8-6-12-28(26)31)42(60)53-34(19-25-22-46-30-13-7-5-11-27(25)30)41(59)51-32(37(45)55)15-9-10-17-43/h5-8,11-14,22-24,29,32-35,46-47H,4,9-10,15-21,43-44H2,1-3H3,(H2,45,55)(H,48,58)(H,49,54)(H,50,56)(H,51,59)(H,52,57)(H,53,60)/t24-,29-,32-,33-,34+,35+/m0/s1. The molecule has 7 amide bonds. The van der Waals surface area contributed by atoms with Gasteiger partial charge in [-0.2, -0.15) is 11.8 Å². The number of unbranched alkanes of at least 4 members (excludes halogenated alkanes) is 1. The number of hydrogen-bond acceptors (Lipinski definition) is 10. The Balaban J connectivity index is 1.58. The van der Waals surface area contributed by atoms with Crippen molar-refractivity contribution in [3.8, 4) is 0 Å². The Morgan fingerprint density at radius 2 is 1.11 bits per heavy atom. The number of thioether (sulfide) groups is 1. The third kappa shape index (κ3) is 13.8. The molecule has 0 spiro atoms. The fraction of sp³-hybridized carbons (Fsp3) is 0.452. The van der Waals surface area contributed by atoms with Gasteiger partial charge in [0, 0.05) is 47.0 Å². The summed E-state index contributed by atoms with van der Waals surface area (Å²) in [4.78, 5) is 99.7. The monoisotopic (exact) mass is 861 g/mol. The Morgan fingerprint density at radius 3 is 1.61 bits per heavy atom. The molecule has 0 aliphatic rings. The van der Waals surface area contributed by atoms with Crippen LogP contribution in [0, 0.1) is 0 Å². The van der Waals surface area contributed by atoms with E-state index in [-0.39, 0.29) is 32.2 Å². The lowest BCUT2D eigenvalue weighted by molar-refractivity contribution is -0.135. The second-order valence-corrected chi connectivity index (χ2v) is 15.8. The molecular weight excluding hydrogens is 803 g/mol. The summed E-state index contributed by atoms with van der Waals surface area (Å²) in [5.74, 6) is -3.99. The molecule has 19 heteroatoms. The summed E-state index contributed by atoms with van der Waals surface area (Å²) in [7, 11) is 0. The molecule has 18 nitrogen and oxygen atoms in total. The van der Waals surface area contributed by atoms with Crippen LogP contribution in [-0.4, -0.2) is 113 Å². The van der Waals surface area contributed by atoms with Gasteiger partial charge in [0.15, 0.2) is 0 Å². The maximum atomic E-state index is 14.5. The van der Waals surface area contributed by atoms with E-state index in [0.717, 1.165) is 27.4 Å². The van der Waals surface area contributed by atoms with Crippen molar-refractivity contribution in [3.05, 3.63) is 72.1 Å². The van der Waals surface area contributed by atoms with E-state index < -0.39 is 77.6 Å². The highest BCUT2D eigenvalue weighted by Crippen LogP contribution is 2.21. The zero-order chi connectivity index (χ0) is 44.5. The van der Waals surface area contributed by atoms with Crippen LogP contribution in [0.2, 0.25) is 0 Å². The minimum atomic E-state index is -1.26. The maximum Gasteiger partial charge on any atom is 0.243 e. The number of nitrogens with one attached hydrogen (secondary N) is 8. The lowest BCUT2D eigenvalue weighted by Gasteiger charge is -2.27. The largest absolute Gasteiger partial charge is 0.368 e. The number of para-hydroxylation sites is 2. The van der Waals surface area contributed by atoms with Crippen LogP contribution in [0.15, 0.2) is 60.9 Å². The van der Waals surface area contributed by atoms with Crippen molar-refractivity contribution in [3.63, 3.8) is 0 Å². The molecule has 61 heavy (non-hydrogen) atoms. The van der Waals surface area contributed by atoms with Gasteiger partial charge in [0.2, 0.25) is 41.4 Å². The molecule has 2 aromatic heterocycles. The van der Waals surface area contributed by atoms with E-state index in [2.05, 4.69) is 41.9 Å². The summed E-state index contributed by atoms with van der Waals surface area (Å²) < 4.78 is 0. The van der Waals surface area contributed by atoms with Crippen molar-refractivity contribution in [1.29, 1.82) is 0 Å². The number of amides is 7. The van der Waals surface area contributed by atoms with Gasteiger partial charge in [-0.25, -0.2) is 0 Å². The van der Waals surface area contributed by atoms with Gasteiger partial charge in [0.25, 0.3) is 0 Å². The van der Waals surface area contributed by atoms with Gasteiger partial charge in [-0.15, -0.1) is 0 Å². The Morgan fingerprint density at radius 1 is 0.623 bits per heavy atom. The lowest BCUT2D eigenvalue weighted by Crippen LogP contribution is -2.60. The van der Waals surface area contributed by atoms with Gasteiger partial charge in [-0.05, 0) is 80.8 Å². The van der Waals surface area contributed by atoms with E-state index in [1.165, 1.54) is 18.7 Å². The van der Waals surface area contributed by atoms with Crippen molar-refractivity contribution < 1.29 is 33.6 Å². The summed E-state index contributed by atoms with van der Waals surface area (Å²) in [6, 6.07) is 8.27. The zero-order valence-electron chi connectivity index (χ0n) is 34.8. The van der Waals surface area contributed by atoms with Gasteiger partial charge in [-0.3, -0.25) is 33.6 Å². The van der Waals surface area contributed by atoms with Crippen molar-refractivity contribution >= 4 is 74.9 Å². The smallest absolute Gasteiger partial charge is 0.243 e. The van der Waals surface area contributed by atoms with Gasteiger partial charge < -0.3 is 59.1 Å². The first kappa shape index (κ1) is 47.8. The lowest BCUT2D eigenvalue weighted by atomic mass is 10.0. The van der Waals surface area contributed by atoms with Crippen molar-refractivity contribution in [2.75, 3.05) is 25.1 Å². The van der Waals surface area contributed by atoms with Crippen LogP contribution in [0.25, 0.3) is 21.8 Å². The maximum absolute atomic E-state index is 14.5. The number of fused-ring (bicyclic) bond motifs is 2. The molecule has 14 N–H and O–H groups in total. The predicted molar refractivity (Wildman–Crippen MR) is 236 cm³/mol. The second-order valence-electron chi connectivity index (χ2n) is 14.8. The molecule has 0 fully saturated rings. The number of nitrogens with two attached hydrogens (primary N) is 3. The van der Waals surface area contributed by atoms with Crippen molar-refractivity contribution in [2.24, 2.45) is 17.2 Å². The van der Waals surface area contributed by atoms with Crippen LogP contribution in [0.5, 0.6) is 0 Å². The molecule has 0 aliphatic carbocycles. The summed E-state index contributed by atoms with van der Waals surface area (Å²) in [5.41, 5.74) is 19.8. The minimum Gasteiger partial charge on any atom is -0.368 e. The van der Waals surface area contributed by atoms with Gasteiger partial charge in [-0.1, -0.05) is 43.3 Å². The van der Waals surface area contributed by atoms with Gasteiger partial charge in [0.1, 0.15) is 36.3 Å². The van der Waals surface area contributed by atoms with E-state index in [1.54, 1.807) is 19.3 Å². The molecule has 0 aliphatic heterocycles. The average Bonchev–Trinajstić information content (AvgIpc) is 3.86. The summed E-state index contributed by atoms with van der Waals surface area (Å²) in [6.07, 6.45) is 7.18. The number of primary amides is 1. The summed E-state index contributed by atoms with van der Waals surface area (Å²) in [5, 5.41) is 17.8. The zero-order valence-corrected chi connectivity index (χ0v) is 35.6. The first-order chi connectivity index (χ1) is 29.3. The highest BCUT2D eigenvalue weighted by molar-refractivity contribution is 7.98. The van der Waals surface area contributed by atoms with Crippen LogP contribution in [0.3, 0.4) is 0 Å². The normalized spacial score (nSPS) is 14.2. The molecule has 6 atom stereocenters. The van der Waals surface area contributed by atoms with Gasteiger partial charge in [0.05, 0.1) is 6.54 Å². The minimum absolute atomic E-state index is 0.00515. The third-order valence-corrected chi connectivity index (χ3v) is 11.0. The van der Waals surface area contributed by atoms with Gasteiger partial charge >= 0.3 is 0 Å². The van der Waals surface area contributed by atoms with Crippen molar-refractivity contribution in [1.82, 2.24) is 41.9 Å². The topological polar surface area (TPSA) is 301 Å². The number of rotatable bonds is 25. The molecule has 0 unspecified atom stereocenters. The molecule has 2 heterocycles. The van der Waals surface area contributed by atoms with E-state index in [1.807, 2.05) is 54.8 Å². The molecule has 0 saturated carbocycles. The second kappa shape index (κ2) is 23.8. The van der Waals surface area contributed by atoms with E-state index in [9.17, 15) is 33.6 Å². The number of benzene rings is 2. The van der Waals surface area contributed by atoms with E-state index in [0.29, 0.717) is 37.1 Å². The van der Waals surface area contributed by atoms with Crippen molar-refractivity contribution in [2.45, 2.75) is 95.0 Å². The Kier molecular flexibility index (Phi) is 18.6. The first-order valence-corrected chi connectivity index (χ1v) is 21.8. The van der Waals surface area contributed by atoms with Crippen LogP contribution >= 0.6 is 11.8 Å². The summed E-state index contributed by atoms with van der Waals surface area (Å²) in [6.45, 7) is 3.21. The molecule has 0 radical (unpaired) electrons. The molecular formula is C42H59N11O7S. The number of H-pyrrole nitrogens is 2. The highest BCUT2D eigenvalue weighted by atomic mass is 32.2. The fourth-order valence-electron chi connectivity index (χ4n) is 6.84. The SMILES string of the molecule is CC[C@H](NC(=O)[C@H](C)NC(=O)[C@H](CCSC)NC(=O)CN)C(=O)N[C@H](Cc1c[nH]c2ccccc12)C(=O)N[C@H](Cc1c[nH]c2ccccc12)C(=O)N[C@@H](CCCCN)C(N)=O. The Bertz CT molecular complexity index is 2140.